The number of benzene rings is 1. The molecular weight excluding hydrogens is 234 g/mol. The molecule has 3 heteroatoms. The van der Waals surface area contributed by atoms with Crippen molar-refractivity contribution in [3.8, 4) is 0 Å². The van der Waals surface area contributed by atoms with Crippen LogP contribution in [0.15, 0.2) is 18.2 Å². The standard InChI is InChI=1S/C16H27N3/c1-13-5-6-16(15(11-13)12-14(2)17)19-8-4-7-18(3)9-10-19/h5-6,11,14H,4,7-10,12,17H2,1-3H3. The normalized spacial score (nSPS) is 19.3. The predicted octanol–water partition coefficient (Wildman–Crippen LogP) is 2.03. The topological polar surface area (TPSA) is 32.5 Å². The Bertz CT molecular complexity index is 414. The molecule has 1 aromatic carbocycles. The van der Waals surface area contributed by atoms with Gasteiger partial charge in [-0.25, -0.2) is 0 Å². The molecule has 2 rings (SSSR count). The van der Waals surface area contributed by atoms with E-state index in [0.29, 0.717) is 0 Å². The Hall–Kier alpha value is -1.06. The third kappa shape index (κ3) is 3.95. The van der Waals surface area contributed by atoms with Gasteiger partial charge in [0.25, 0.3) is 0 Å². The van der Waals surface area contributed by atoms with Gasteiger partial charge in [0.1, 0.15) is 0 Å². The Morgan fingerprint density at radius 3 is 2.74 bits per heavy atom. The molecule has 1 heterocycles. The average Bonchev–Trinajstić information content (AvgIpc) is 2.54. The lowest BCUT2D eigenvalue weighted by molar-refractivity contribution is 0.360. The number of nitrogens with zero attached hydrogens (tertiary/aromatic N) is 2. The summed E-state index contributed by atoms with van der Waals surface area (Å²) in [6.45, 7) is 8.86. The highest BCUT2D eigenvalue weighted by atomic mass is 15.2. The van der Waals surface area contributed by atoms with Gasteiger partial charge in [-0.05, 0) is 51.9 Å². The van der Waals surface area contributed by atoms with E-state index in [2.05, 4.69) is 48.9 Å². The molecule has 1 aromatic rings. The van der Waals surface area contributed by atoms with E-state index in [1.165, 1.54) is 29.8 Å². The van der Waals surface area contributed by atoms with Crippen LogP contribution in [-0.4, -0.2) is 44.2 Å². The van der Waals surface area contributed by atoms with E-state index in [9.17, 15) is 0 Å². The molecule has 1 aliphatic rings. The molecule has 1 aliphatic heterocycles. The van der Waals surface area contributed by atoms with E-state index in [1.54, 1.807) is 0 Å². The first-order valence-corrected chi connectivity index (χ1v) is 7.35. The van der Waals surface area contributed by atoms with Crippen LogP contribution in [0.5, 0.6) is 0 Å². The van der Waals surface area contributed by atoms with Crippen LogP contribution >= 0.6 is 0 Å². The Morgan fingerprint density at radius 2 is 2.00 bits per heavy atom. The Kier molecular flexibility index (Phi) is 4.83. The number of hydrogen-bond donors (Lipinski definition) is 1. The smallest absolute Gasteiger partial charge is 0.0399 e. The highest BCUT2D eigenvalue weighted by Gasteiger charge is 2.16. The summed E-state index contributed by atoms with van der Waals surface area (Å²) < 4.78 is 0. The van der Waals surface area contributed by atoms with Crippen molar-refractivity contribution in [3.63, 3.8) is 0 Å². The van der Waals surface area contributed by atoms with Gasteiger partial charge in [0.15, 0.2) is 0 Å². The first-order valence-electron chi connectivity index (χ1n) is 7.35. The number of likely N-dealkylation sites (N-methyl/N-ethyl adjacent to an activating group) is 1. The first kappa shape index (κ1) is 14.4. The highest BCUT2D eigenvalue weighted by Crippen LogP contribution is 2.24. The lowest BCUT2D eigenvalue weighted by Gasteiger charge is -2.26. The molecule has 0 amide bonds. The van der Waals surface area contributed by atoms with Gasteiger partial charge in [-0.1, -0.05) is 17.7 Å². The van der Waals surface area contributed by atoms with Crippen LogP contribution in [0.1, 0.15) is 24.5 Å². The Balaban J connectivity index is 2.22. The van der Waals surface area contributed by atoms with Gasteiger partial charge in [0.05, 0.1) is 0 Å². The summed E-state index contributed by atoms with van der Waals surface area (Å²) in [7, 11) is 2.21. The molecule has 1 fully saturated rings. The van der Waals surface area contributed by atoms with Gasteiger partial charge >= 0.3 is 0 Å². The molecule has 1 atom stereocenters. The molecule has 19 heavy (non-hydrogen) atoms. The zero-order valence-corrected chi connectivity index (χ0v) is 12.5. The molecule has 2 N–H and O–H groups in total. The van der Waals surface area contributed by atoms with Crippen LogP contribution in [0.25, 0.3) is 0 Å². The van der Waals surface area contributed by atoms with Crippen LogP contribution in [-0.2, 0) is 6.42 Å². The van der Waals surface area contributed by atoms with Crippen LogP contribution in [0.4, 0.5) is 5.69 Å². The third-order valence-electron chi connectivity index (χ3n) is 3.84. The van der Waals surface area contributed by atoms with E-state index < -0.39 is 0 Å². The fourth-order valence-corrected chi connectivity index (χ4v) is 2.82. The monoisotopic (exact) mass is 261 g/mol. The maximum absolute atomic E-state index is 6.00. The van der Waals surface area contributed by atoms with Crippen molar-refractivity contribution in [2.24, 2.45) is 5.73 Å². The average molecular weight is 261 g/mol. The molecule has 1 saturated heterocycles. The maximum atomic E-state index is 6.00. The number of anilines is 1. The van der Waals surface area contributed by atoms with Gasteiger partial charge in [-0.2, -0.15) is 0 Å². The summed E-state index contributed by atoms with van der Waals surface area (Å²) in [5.41, 5.74) is 10.1. The summed E-state index contributed by atoms with van der Waals surface area (Å²) in [6.07, 6.45) is 2.20. The van der Waals surface area contributed by atoms with E-state index in [4.69, 9.17) is 5.73 Å². The lowest BCUT2D eigenvalue weighted by atomic mass is 10.0. The second-order valence-electron chi connectivity index (χ2n) is 5.96. The molecule has 0 bridgehead atoms. The molecule has 0 aliphatic carbocycles. The molecule has 0 aromatic heterocycles. The molecule has 3 nitrogen and oxygen atoms in total. The quantitative estimate of drug-likeness (QED) is 0.903. The van der Waals surface area contributed by atoms with Crippen LogP contribution in [0.2, 0.25) is 0 Å². The van der Waals surface area contributed by atoms with Gasteiger partial charge in [-0.3, -0.25) is 0 Å². The molecular formula is C16H27N3. The van der Waals surface area contributed by atoms with E-state index >= 15 is 0 Å². The van der Waals surface area contributed by atoms with Crippen molar-refractivity contribution >= 4 is 5.69 Å². The SMILES string of the molecule is Cc1ccc(N2CCCN(C)CC2)c(CC(C)N)c1. The van der Waals surface area contributed by atoms with Crippen LogP contribution < -0.4 is 10.6 Å². The molecule has 106 valence electrons. The van der Waals surface area contributed by atoms with E-state index in [-0.39, 0.29) is 6.04 Å². The number of hydrogen-bond acceptors (Lipinski definition) is 3. The molecule has 0 spiro atoms. The largest absolute Gasteiger partial charge is 0.370 e. The second kappa shape index (κ2) is 6.40. The second-order valence-corrected chi connectivity index (χ2v) is 5.96. The van der Waals surface area contributed by atoms with Crippen molar-refractivity contribution in [1.82, 2.24) is 4.90 Å². The molecule has 1 unspecified atom stereocenters. The van der Waals surface area contributed by atoms with E-state index in [1.807, 2.05) is 0 Å². The number of nitrogens with two attached hydrogens (primary N) is 1. The Morgan fingerprint density at radius 1 is 1.21 bits per heavy atom. The summed E-state index contributed by atoms with van der Waals surface area (Å²) in [4.78, 5) is 4.94. The fraction of sp³-hybridized carbons (Fsp3) is 0.625. The van der Waals surface area contributed by atoms with Crippen LogP contribution in [0.3, 0.4) is 0 Å². The summed E-state index contributed by atoms with van der Waals surface area (Å²) in [5.74, 6) is 0. The predicted molar refractivity (Wildman–Crippen MR) is 82.9 cm³/mol. The zero-order chi connectivity index (χ0) is 13.8. The molecule has 0 radical (unpaired) electrons. The van der Waals surface area contributed by atoms with E-state index in [0.717, 1.165) is 26.1 Å². The van der Waals surface area contributed by atoms with Gasteiger partial charge < -0.3 is 15.5 Å². The van der Waals surface area contributed by atoms with Crippen molar-refractivity contribution in [3.05, 3.63) is 29.3 Å². The summed E-state index contributed by atoms with van der Waals surface area (Å²) in [5, 5.41) is 0. The first-order chi connectivity index (χ1) is 9.06. The highest BCUT2D eigenvalue weighted by molar-refractivity contribution is 5.55. The van der Waals surface area contributed by atoms with Crippen molar-refractivity contribution in [2.75, 3.05) is 38.1 Å². The van der Waals surface area contributed by atoms with Crippen molar-refractivity contribution in [2.45, 2.75) is 32.7 Å². The fourth-order valence-electron chi connectivity index (χ4n) is 2.82. The minimum Gasteiger partial charge on any atom is -0.370 e. The van der Waals surface area contributed by atoms with Crippen molar-refractivity contribution < 1.29 is 0 Å². The van der Waals surface area contributed by atoms with Gasteiger partial charge in [-0.15, -0.1) is 0 Å². The lowest BCUT2D eigenvalue weighted by Crippen LogP contribution is -2.30. The summed E-state index contributed by atoms with van der Waals surface area (Å²) >= 11 is 0. The van der Waals surface area contributed by atoms with Crippen LogP contribution in [0, 0.1) is 6.92 Å². The Labute approximate surface area is 117 Å². The number of rotatable bonds is 3. The maximum Gasteiger partial charge on any atom is 0.0399 e. The number of aryl methyl sites for hydroxylation is 1. The van der Waals surface area contributed by atoms with Gasteiger partial charge in [0.2, 0.25) is 0 Å². The third-order valence-corrected chi connectivity index (χ3v) is 3.84. The minimum atomic E-state index is 0.218. The zero-order valence-electron chi connectivity index (χ0n) is 12.5. The van der Waals surface area contributed by atoms with Crippen molar-refractivity contribution in [1.29, 1.82) is 0 Å². The van der Waals surface area contributed by atoms with Gasteiger partial charge in [0, 0.05) is 31.4 Å². The molecule has 0 saturated carbocycles. The minimum absolute atomic E-state index is 0.218. The summed E-state index contributed by atoms with van der Waals surface area (Å²) in [6, 6.07) is 7.01.